The molecule has 0 saturated carbocycles. The number of nitrogens with zero attached hydrogens (tertiary/aromatic N) is 3. The van der Waals surface area contributed by atoms with E-state index in [1.807, 2.05) is 0 Å². The summed E-state index contributed by atoms with van der Waals surface area (Å²) in [5.74, 6) is 0.142. The van der Waals surface area contributed by atoms with Crippen LogP contribution in [0, 0.1) is 0 Å². The number of aromatic hydroxyl groups is 2. The summed E-state index contributed by atoms with van der Waals surface area (Å²) in [5.41, 5.74) is 0.803. The molecular weight excluding hydrogens is 246 g/mol. The second kappa shape index (κ2) is 4.41. The van der Waals surface area contributed by atoms with Gasteiger partial charge >= 0.3 is 0 Å². The second-order valence-corrected chi connectivity index (χ2v) is 3.84. The number of hydrogen-bond acceptors (Lipinski definition) is 6. The molecule has 0 aliphatic rings. The molecule has 3 aromatic rings. The highest BCUT2D eigenvalue weighted by Gasteiger charge is 2.17. The van der Waals surface area contributed by atoms with Gasteiger partial charge in [0.1, 0.15) is 17.1 Å². The van der Waals surface area contributed by atoms with E-state index >= 15 is 0 Å². The van der Waals surface area contributed by atoms with Crippen molar-refractivity contribution in [3.05, 3.63) is 42.7 Å². The molecule has 1 aromatic carbocycles. The Balaban J connectivity index is 2.07. The SMILES string of the molecule is Oc1cccc(O)c1-c1nc(-c2cccnc2)no1. The van der Waals surface area contributed by atoms with Crippen LogP contribution in [0.15, 0.2) is 47.2 Å². The maximum atomic E-state index is 9.72. The third-order valence-electron chi connectivity index (χ3n) is 2.58. The highest BCUT2D eigenvalue weighted by Crippen LogP contribution is 2.36. The number of phenolic OH excluding ortho intramolecular Hbond substituents is 2. The van der Waals surface area contributed by atoms with Gasteiger partial charge in [-0.25, -0.2) is 0 Å². The van der Waals surface area contributed by atoms with Crippen molar-refractivity contribution in [1.29, 1.82) is 0 Å². The van der Waals surface area contributed by atoms with E-state index in [0.717, 1.165) is 0 Å². The van der Waals surface area contributed by atoms with Crippen LogP contribution in [0.1, 0.15) is 0 Å². The molecule has 0 unspecified atom stereocenters. The van der Waals surface area contributed by atoms with Crippen molar-refractivity contribution in [1.82, 2.24) is 15.1 Å². The van der Waals surface area contributed by atoms with Crippen LogP contribution in [0.2, 0.25) is 0 Å². The molecule has 3 rings (SSSR count). The van der Waals surface area contributed by atoms with Crippen molar-refractivity contribution >= 4 is 0 Å². The average molecular weight is 255 g/mol. The monoisotopic (exact) mass is 255 g/mol. The summed E-state index contributed by atoms with van der Waals surface area (Å²) in [7, 11) is 0. The smallest absolute Gasteiger partial charge is 0.265 e. The summed E-state index contributed by atoms with van der Waals surface area (Å²) in [6.07, 6.45) is 3.23. The zero-order chi connectivity index (χ0) is 13.2. The van der Waals surface area contributed by atoms with Crippen molar-refractivity contribution < 1.29 is 14.7 Å². The van der Waals surface area contributed by atoms with E-state index in [1.165, 1.54) is 18.2 Å². The second-order valence-electron chi connectivity index (χ2n) is 3.84. The van der Waals surface area contributed by atoms with Crippen molar-refractivity contribution in [2.75, 3.05) is 0 Å². The third-order valence-corrected chi connectivity index (χ3v) is 2.58. The first kappa shape index (κ1) is 11.2. The Kier molecular flexibility index (Phi) is 2.60. The Morgan fingerprint density at radius 2 is 1.79 bits per heavy atom. The maximum absolute atomic E-state index is 9.72. The Hall–Kier alpha value is -2.89. The van der Waals surface area contributed by atoms with Crippen LogP contribution >= 0.6 is 0 Å². The van der Waals surface area contributed by atoms with E-state index < -0.39 is 0 Å². The molecule has 94 valence electrons. The fourth-order valence-electron chi connectivity index (χ4n) is 1.68. The number of pyridine rings is 1. The summed E-state index contributed by atoms with van der Waals surface area (Å²) in [6, 6.07) is 7.92. The van der Waals surface area contributed by atoms with Crippen LogP contribution in [0.25, 0.3) is 22.8 Å². The van der Waals surface area contributed by atoms with Crippen LogP contribution in [0.3, 0.4) is 0 Å². The molecule has 0 amide bonds. The summed E-state index contributed by atoms with van der Waals surface area (Å²) in [6.45, 7) is 0. The van der Waals surface area contributed by atoms with Gasteiger partial charge < -0.3 is 14.7 Å². The normalized spacial score (nSPS) is 10.5. The first-order chi connectivity index (χ1) is 9.25. The molecule has 2 N–H and O–H groups in total. The van der Waals surface area contributed by atoms with Crippen LogP contribution < -0.4 is 0 Å². The molecule has 0 aliphatic carbocycles. The van der Waals surface area contributed by atoms with Gasteiger partial charge in [-0.1, -0.05) is 11.2 Å². The Morgan fingerprint density at radius 3 is 2.47 bits per heavy atom. The molecule has 0 atom stereocenters. The molecule has 2 heterocycles. The predicted octanol–water partition coefficient (Wildman–Crippen LogP) is 2.21. The average Bonchev–Trinajstić information content (AvgIpc) is 2.89. The summed E-state index contributed by atoms with van der Waals surface area (Å²) in [5, 5.41) is 23.2. The van der Waals surface area contributed by atoms with Crippen molar-refractivity contribution in [2.45, 2.75) is 0 Å². The quantitative estimate of drug-likeness (QED) is 0.729. The molecule has 0 radical (unpaired) electrons. The molecule has 6 nitrogen and oxygen atoms in total. The summed E-state index contributed by atoms with van der Waals surface area (Å²) in [4.78, 5) is 8.09. The summed E-state index contributed by atoms with van der Waals surface area (Å²) < 4.78 is 5.06. The lowest BCUT2D eigenvalue weighted by Crippen LogP contribution is -1.83. The van der Waals surface area contributed by atoms with E-state index in [-0.39, 0.29) is 23.0 Å². The van der Waals surface area contributed by atoms with Gasteiger partial charge in [-0.15, -0.1) is 0 Å². The van der Waals surface area contributed by atoms with Crippen LogP contribution in [-0.2, 0) is 0 Å². The third kappa shape index (κ3) is 1.99. The van der Waals surface area contributed by atoms with Gasteiger partial charge in [-0.05, 0) is 24.3 Å². The first-order valence-corrected chi connectivity index (χ1v) is 5.51. The highest BCUT2D eigenvalue weighted by atomic mass is 16.5. The van der Waals surface area contributed by atoms with Crippen molar-refractivity contribution in [3.63, 3.8) is 0 Å². The number of benzene rings is 1. The van der Waals surface area contributed by atoms with Gasteiger partial charge in [0, 0.05) is 18.0 Å². The highest BCUT2D eigenvalue weighted by molar-refractivity contribution is 5.70. The lowest BCUT2D eigenvalue weighted by atomic mass is 10.2. The van der Waals surface area contributed by atoms with Crippen molar-refractivity contribution in [3.8, 4) is 34.3 Å². The minimum Gasteiger partial charge on any atom is -0.507 e. The molecule has 0 spiro atoms. The van der Waals surface area contributed by atoms with Crippen LogP contribution in [-0.4, -0.2) is 25.3 Å². The zero-order valence-electron chi connectivity index (χ0n) is 9.69. The fourth-order valence-corrected chi connectivity index (χ4v) is 1.68. The van der Waals surface area contributed by atoms with Crippen LogP contribution in [0.5, 0.6) is 11.5 Å². The van der Waals surface area contributed by atoms with E-state index in [4.69, 9.17) is 4.52 Å². The van der Waals surface area contributed by atoms with E-state index in [2.05, 4.69) is 15.1 Å². The van der Waals surface area contributed by atoms with Gasteiger partial charge in [0.15, 0.2) is 0 Å². The molecule has 19 heavy (non-hydrogen) atoms. The van der Waals surface area contributed by atoms with E-state index in [9.17, 15) is 10.2 Å². The summed E-state index contributed by atoms with van der Waals surface area (Å²) >= 11 is 0. The minimum absolute atomic E-state index is 0.0504. The zero-order valence-corrected chi connectivity index (χ0v) is 9.69. The molecule has 0 fully saturated rings. The van der Waals surface area contributed by atoms with Gasteiger partial charge in [-0.2, -0.15) is 4.98 Å². The number of rotatable bonds is 2. The molecule has 0 bridgehead atoms. The molecule has 2 aromatic heterocycles. The molecular formula is C13H9N3O3. The molecule has 0 saturated heterocycles. The van der Waals surface area contributed by atoms with Crippen molar-refractivity contribution in [2.24, 2.45) is 0 Å². The lowest BCUT2D eigenvalue weighted by Gasteiger charge is -2.00. The van der Waals surface area contributed by atoms with Gasteiger partial charge in [0.25, 0.3) is 5.89 Å². The topological polar surface area (TPSA) is 92.3 Å². The predicted molar refractivity (Wildman–Crippen MR) is 66.3 cm³/mol. The molecule has 0 aliphatic heterocycles. The Bertz CT molecular complexity index is 690. The van der Waals surface area contributed by atoms with Gasteiger partial charge in [-0.3, -0.25) is 4.98 Å². The Labute approximate surface area is 108 Å². The van der Waals surface area contributed by atoms with E-state index in [0.29, 0.717) is 11.4 Å². The lowest BCUT2D eigenvalue weighted by molar-refractivity contribution is 0.416. The maximum Gasteiger partial charge on any atom is 0.265 e. The first-order valence-electron chi connectivity index (χ1n) is 5.51. The number of phenols is 2. The van der Waals surface area contributed by atoms with Gasteiger partial charge in [0.05, 0.1) is 0 Å². The largest absolute Gasteiger partial charge is 0.507 e. The van der Waals surface area contributed by atoms with Crippen LogP contribution in [0.4, 0.5) is 0 Å². The standard InChI is InChI=1S/C13H9N3O3/c17-9-4-1-5-10(18)11(9)13-15-12(16-19-13)8-3-2-6-14-7-8/h1-7,17-18H. The van der Waals surface area contributed by atoms with Gasteiger partial charge in [0.2, 0.25) is 5.82 Å². The Morgan fingerprint density at radius 1 is 1.00 bits per heavy atom. The van der Waals surface area contributed by atoms with E-state index in [1.54, 1.807) is 24.5 Å². The number of hydrogen-bond donors (Lipinski definition) is 2. The number of aromatic nitrogens is 3. The molecule has 6 heteroatoms. The fraction of sp³-hybridized carbons (Fsp3) is 0. The minimum atomic E-state index is -0.124.